The molecule has 1 atom stereocenters. The van der Waals surface area contributed by atoms with Crippen molar-refractivity contribution in [2.75, 3.05) is 6.61 Å². The Bertz CT molecular complexity index is 1050. The quantitative estimate of drug-likeness (QED) is 0.489. The molecular weight excluding hydrogens is 348 g/mol. The van der Waals surface area contributed by atoms with E-state index in [0.29, 0.717) is 12.4 Å². The lowest BCUT2D eigenvalue weighted by Crippen LogP contribution is -2.27. The molecule has 3 aromatic rings. The van der Waals surface area contributed by atoms with Crippen LogP contribution in [0.5, 0.6) is 5.75 Å². The summed E-state index contributed by atoms with van der Waals surface area (Å²) in [6.45, 7) is 4.30. The predicted molar refractivity (Wildman–Crippen MR) is 112 cm³/mol. The summed E-state index contributed by atoms with van der Waals surface area (Å²) in [7, 11) is 0. The SMILES string of the molecule is CCOc1ccc2ccccc2c1/C=C(\C#N)C(=O)N[C@H](C)c1ccccc1. The molecule has 0 bridgehead atoms. The van der Waals surface area contributed by atoms with E-state index >= 15 is 0 Å². The van der Waals surface area contributed by atoms with E-state index in [1.807, 2.05) is 86.6 Å². The lowest BCUT2D eigenvalue weighted by molar-refractivity contribution is -0.117. The molecule has 3 rings (SSSR count). The van der Waals surface area contributed by atoms with Crippen molar-refractivity contribution < 1.29 is 9.53 Å². The van der Waals surface area contributed by atoms with E-state index in [1.54, 1.807) is 6.08 Å². The Balaban J connectivity index is 1.97. The molecule has 0 aliphatic rings. The molecule has 3 aromatic carbocycles. The zero-order valence-corrected chi connectivity index (χ0v) is 16.0. The van der Waals surface area contributed by atoms with Gasteiger partial charge in [0.15, 0.2) is 0 Å². The van der Waals surface area contributed by atoms with E-state index in [2.05, 4.69) is 5.32 Å². The second-order valence-corrected chi connectivity index (χ2v) is 6.41. The van der Waals surface area contributed by atoms with Crippen LogP contribution in [-0.2, 0) is 4.79 Å². The van der Waals surface area contributed by atoms with Gasteiger partial charge in [-0.05, 0) is 42.3 Å². The fourth-order valence-corrected chi connectivity index (χ4v) is 3.10. The molecule has 28 heavy (non-hydrogen) atoms. The maximum atomic E-state index is 12.7. The van der Waals surface area contributed by atoms with Gasteiger partial charge < -0.3 is 10.1 Å². The highest BCUT2D eigenvalue weighted by atomic mass is 16.5. The largest absolute Gasteiger partial charge is 0.493 e. The average Bonchev–Trinajstić information content (AvgIpc) is 2.73. The van der Waals surface area contributed by atoms with Crippen molar-refractivity contribution in [1.82, 2.24) is 5.32 Å². The number of hydrogen-bond donors (Lipinski definition) is 1. The molecule has 0 unspecified atom stereocenters. The number of benzene rings is 3. The van der Waals surface area contributed by atoms with Gasteiger partial charge in [0, 0.05) is 5.56 Å². The first-order valence-corrected chi connectivity index (χ1v) is 9.26. The van der Waals surface area contributed by atoms with Crippen LogP contribution >= 0.6 is 0 Å². The molecule has 140 valence electrons. The highest BCUT2D eigenvalue weighted by Gasteiger charge is 2.16. The number of rotatable bonds is 6. The lowest BCUT2D eigenvalue weighted by Gasteiger charge is -2.14. The minimum absolute atomic E-state index is 0.0417. The molecule has 0 saturated carbocycles. The molecule has 0 heterocycles. The van der Waals surface area contributed by atoms with E-state index in [0.717, 1.165) is 21.9 Å². The van der Waals surface area contributed by atoms with Gasteiger partial charge in [0.2, 0.25) is 0 Å². The van der Waals surface area contributed by atoms with Crippen molar-refractivity contribution in [1.29, 1.82) is 5.26 Å². The maximum absolute atomic E-state index is 12.7. The number of nitriles is 1. The van der Waals surface area contributed by atoms with Crippen molar-refractivity contribution in [2.45, 2.75) is 19.9 Å². The number of amides is 1. The third-order valence-corrected chi connectivity index (χ3v) is 4.53. The highest BCUT2D eigenvalue weighted by Crippen LogP contribution is 2.30. The van der Waals surface area contributed by atoms with E-state index in [-0.39, 0.29) is 11.6 Å². The predicted octanol–water partition coefficient (Wildman–Crippen LogP) is 5.02. The van der Waals surface area contributed by atoms with Gasteiger partial charge >= 0.3 is 0 Å². The van der Waals surface area contributed by atoms with E-state index in [9.17, 15) is 10.1 Å². The molecule has 0 aromatic heterocycles. The Hall–Kier alpha value is -3.58. The van der Waals surface area contributed by atoms with Crippen LogP contribution in [0.4, 0.5) is 0 Å². The van der Waals surface area contributed by atoms with Crippen LogP contribution in [0.3, 0.4) is 0 Å². The van der Waals surface area contributed by atoms with Crippen molar-refractivity contribution in [3.05, 3.63) is 83.4 Å². The molecule has 0 spiro atoms. The summed E-state index contributed by atoms with van der Waals surface area (Å²) in [5, 5.41) is 14.5. The van der Waals surface area contributed by atoms with Crippen LogP contribution in [0.1, 0.15) is 31.0 Å². The molecule has 0 saturated heterocycles. The Morgan fingerprint density at radius 3 is 2.54 bits per heavy atom. The Labute approximate surface area is 165 Å². The minimum Gasteiger partial charge on any atom is -0.493 e. The summed E-state index contributed by atoms with van der Waals surface area (Å²) in [6, 6.07) is 23.2. The summed E-state index contributed by atoms with van der Waals surface area (Å²) in [6.07, 6.45) is 1.61. The third-order valence-electron chi connectivity index (χ3n) is 4.53. The van der Waals surface area contributed by atoms with E-state index in [1.165, 1.54) is 0 Å². The molecule has 4 heteroatoms. The van der Waals surface area contributed by atoms with Crippen molar-refractivity contribution in [3.63, 3.8) is 0 Å². The molecule has 0 aliphatic carbocycles. The molecule has 0 aliphatic heterocycles. The van der Waals surface area contributed by atoms with Gasteiger partial charge in [0.25, 0.3) is 5.91 Å². The maximum Gasteiger partial charge on any atom is 0.262 e. The number of nitrogens with one attached hydrogen (secondary N) is 1. The smallest absolute Gasteiger partial charge is 0.262 e. The van der Waals surface area contributed by atoms with Crippen LogP contribution in [-0.4, -0.2) is 12.5 Å². The van der Waals surface area contributed by atoms with Crippen molar-refractivity contribution >= 4 is 22.8 Å². The van der Waals surface area contributed by atoms with Crippen LogP contribution in [0.15, 0.2) is 72.3 Å². The van der Waals surface area contributed by atoms with Crippen LogP contribution in [0.2, 0.25) is 0 Å². The number of hydrogen-bond acceptors (Lipinski definition) is 3. The van der Waals surface area contributed by atoms with Crippen LogP contribution in [0, 0.1) is 11.3 Å². The molecule has 0 fully saturated rings. The number of nitrogens with zero attached hydrogens (tertiary/aromatic N) is 1. The van der Waals surface area contributed by atoms with Gasteiger partial charge in [-0.25, -0.2) is 0 Å². The third kappa shape index (κ3) is 4.21. The Morgan fingerprint density at radius 1 is 1.11 bits per heavy atom. The molecule has 0 radical (unpaired) electrons. The van der Waals surface area contributed by atoms with Gasteiger partial charge in [0.05, 0.1) is 12.6 Å². The molecule has 1 N–H and O–H groups in total. The fourth-order valence-electron chi connectivity index (χ4n) is 3.10. The zero-order chi connectivity index (χ0) is 19.9. The second-order valence-electron chi connectivity index (χ2n) is 6.41. The van der Waals surface area contributed by atoms with Gasteiger partial charge in [-0.15, -0.1) is 0 Å². The number of carbonyl (C=O) groups excluding carboxylic acids is 1. The van der Waals surface area contributed by atoms with E-state index < -0.39 is 5.91 Å². The van der Waals surface area contributed by atoms with Crippen LogP contribution < -0.4 is 10.1 Å². The fraction of sp³-hybridized carbons (Fsp3) is 0.167. The Morgan fingerprint density at radius 2 is 1.82 bits per heavy atom. The number of carbonyl (C=O) groups is 1. The summed E-state index contributed by atoms with van der Waals surface area (Å²) in [5.41, 5.74) is 1.76. The standard InChI is InChI=1S/C24H22N2O2/c1-3-28-23-14-13-19-11-7-8-12-21(19)22(23)15-20(16-25)24(27)26-17(2)18-9-5-4-6-10-18/h4-15,17H,3H2,1-2H3,(H,26,27)/b20-15+/t17-/m1/s1. The highest BCUT2D eigenvalue weighted by molar-refractivity contribution is 6.05. The summed E-state index contributed by atoms with van der Waals surface area (Å²) >= 11 is 0. The van der Waals surface area contributed by atoms with Gasteiger partial charge in [0.1, 0.15) is 17.4 Å². The zero-order valence-electron chi connectivity index (χ0n) is 16.0. The molecule has 1 amide bonds. The van der Waals surface area contributed by atoms with Gasteiger partial charge in [-0.3, -0.25) is 4.79 Å². The average molecular weight is 370 g/mol. The molecular formula is C24H22N2O2. The number of ether oxygens (including phenoxy) is 1. The van der Waals surface area contributed by atoms with Crippen molar-refractivity contribution in [3.8, 4) is 11.8 Å². The first kappa shape index (κ1) is 19.2. The first-order chi connectivity index (χ1) is 13.6. The first-order valence-electron chi connectivity index (χ1n) is 9.26. The van der Waals surface area contributed by atoms with Crippen molar-refractivity contribution in [2.24, 2.45) is 0 Å². The second kappa shape index (κ2) is 8.88. The normalized spacial score (nSPS) is 12.2. The minimum atomic E-state index is -0.408. The summed E-state index contributed by atoms with van der Waals surface area (Å²) in [4.78, 5) is 12.7. The lowest BCUT2D eigenvalue weighted by atomic mass is 10.0. The topological polar surface area (TPSA) is 62.1 Å². The van der Waals surface area contributed by atoms with Gasteiger partial charge in [-0.1, -0.05) is 60.7 Å². The molecule has 4 nitrogen and oxygen atoms in total. The van der Waals surface area contributed by atoms with Gasteiger partial charge in [-0.2, -0.15) is 5.26 Å². The van der Waals surface area contributed by atoms with E-state index in [4.69, 9.17) is 4.74 Å². The Kier molecular flexibility index (Phi) is 6.08. The monoisotopic (exact) mass is 370 g/mol. The van der Waals surface area contributed by atoms with Crippen LogP contribution in [0.25, 0.3) is 16.8 Å². The number of fused-ring (bicyclic) bond motifs is 1. The summed E-state index contributed by atoms with van der Waals surface area (Å²) in [5.74, 6) is 0.243. The summed E-state index contributed by atoms with van der Waals surface area (Å²) < 4.78 is 5.73.